The van der Waals surface area contributed by atoms with Crippen molar-refractivity contribution in [3.63, 3.8) is 0 Å². The highest BCUT2D eigenvalue weighted by Gasteiger charge is 2.04. The van der Waals surface area contributed by atoms with Crippen LogP contribution in [0.15, 0.2) is 24.8 Å². The molecule has 15 heavy (non-hydrogen) atoms. The summed E-state index contributed by atoms with van der Waals surface area (Å²) < 4.78 is 1.79. The lowest BCUT2D eigenvalue weighted by atomic mass is 10.2. The van der Waals surface area contributed by atoms with Crippen molar-refractivity contribution in [2.75, 3.05) is 6.61 Å². The van der Waals surface area contributed by atoms with Crippen molar-refractivity contribution in [1.82, 2.24) is 19.9 Å². The van der Waals surface area contributed by atoms with E-state index in [0.29, 0.717) is 6.54 Å². The summed E-state index contributed by atoms with van der Waals surface area (Å²) in [6.45, 7) is 2.76. The largest absolute Gasteiger partial charge is 0.395 e. The molecule has 2 aromatic heterocycles. The van der Waals surface area contributed by atoms with Crippen LogP contribution in [0.25, 0.3) is 5.52 Å². The summed E-state index contributed by atoms with van der Waals surface area (Å²) in [4.78, 5) is 4.06. The molecule has 5 heteroatoms. The SMILES string of the molecule is CC(CO)NCc1cnn2ccncc12. The van der Waals surface area contributed by atoms with Crippen molar-refractivity contribution in [1.29, 1.82) is 0 Å². The fraction of sp³-hybridized carbons (Fsp3) is 0.400. The Morgan fingerprint density at radius 2 is 2.40 bits per heavy atom. The summed E-state index contributed by atoms with van der Waals surface area (Å²) in [5.74, 6) is 0. The molecule has 0 spiro atoms. The van der Waals surface area contributed by atoms with E-state index >= 15 is 0 Å². The molecule has 0 amide bonds. The smallest absolute Gasteiger partial charge is 0.0889 e. The van der Waals surface area contributed by atoms with Crippen LogP contribution in [0, 0.1) is 0 Å². The number of fused-ring (bicyclic) bond motifs is 1. The van der Waals surface area contributed by atoms with Gasteiger partial charge in [0, 0.05) is 30.5 Å². The average Bonchev–Trinajstić information content (AvgIpc) is 2.69. The molecule has 0 bridgehead atoms. The van der Waals surface area contributed by atoms with E-state index in [9.17, 15) is 0 Å². The van der Waals surface area contributed by atoms with Crippen LogP contribution in [0.5, 0.6) is 0 Å². The Morgan fingerprint density at radius 3 is 3.20 bits per heavy atom. The normalized spacial score (nSPS) is 13.2. The highest BCUT2D eigenvalue weighted by atomic mass is 16.3. The van der Waals surface area contributed by atoms with Crippen molar-refractivity contribution in [2.24, 2.45) is 0 Å². The quantitative estimate of drug-likeness (QED) is 0.750. The van der Waals surface area contributed by atoms with Gasteiger partial charge in [-0.05, 0) is 6.92 Å². The molecule has 0 aliphatic carbocycles. The Morgan fingerprint density at radius 1 is 1.53 bits per heavy atom. The van der Waals surface area contributed by atoms with Gasteiger partial charge in [-0.1, -0.05) is 0 Å². The lowest BCUT2D eigenvalue weighted by Gasteiger charge is -2.08. The molecule has 0 aromatic carbocycles. The molecule has 0 fully saturated rings. The van der Waals surface area contributed by atoms with Gasteiger partial charge in [0.15, 0.2) is 0 Å². The van der Waals surface area contributed by atoms with Gasteiger partial charge in [-0.15, -0.1) is 0 Å². The second kappa shape index (κ2) is 4.37. The summed E-state index contributed by atoms with van der Waals surface area (Å²) in [5, 5.41) is 16.3. The average molecular weight is 206 g/mol. The standard InChI is InChI=1S/C10H14N4O/c1-8(7-15)12-4-9-5-13-14-3-2-11-6-10(9)14/h2-3,5-6,8,12,15H,4,7H2,1H3. The van der Waals surface area contributed by atoms with Crippen LogP contribution in [0.4, 0.5) is 0 Å². The molecule has 0 radical (unpaired) electrons. The van der Waals surface area contributed by atoms with Crippen LogP contribution in [0.2, 0.25) is 0 Å². The van der Waals surface area contributed by atoms with E-state index in [2.05, 4.69) is 15.4 Å². The first-order valence-electron chi connectivity index (χ1n) is 4.91. The van der Waals surface area contributed by atoms with Gasteiger partial charge in [-0.3, -0.25) is 4.98 Å². The Hall–Kier alpha value is -1.46. The van der Waals surface area contributed by atoms with Gasteiger partial charge in [0.05, 0.1) is 24.5 Å². The monoisotopic (exact) mass is 206 g/mol. The summed E-state index contributed by atoms with van der Waals surface area (Å²) >= 11 is 0. The molecule has 1 atom stereocenters. The molecule has 2 heterocycles. The van der Waals surface area contributed by atoms with E-state index in [1.807, 2.05) is 19.3 Å². The molecule has 2 rings (SSSR count). The number of nitrogens with zero attached hydrogens (tertiary/aromatic N) is 3. The summed E-state index contributed by atoms with van der Waals surface area (Å²) in [6, 6.07) is 0.0941. The minimum absolute atomic E-state index is 0.0941. The van der Waals surface area contributed by atoms with E-state index in [4.69, 9.17) is 5.11 Å². The number of hydrogen-bond acceptors (Lipinski definition) is 4. The van der Waals surface area contributed by atoms with Crippen molar-refractivity contribution in [2.45, 2.75) is 19.5 Å². The predicted molar refractivity (Wildman–Crippen MR) is 56.4 cm³/mol. The minimum Gasteiger partial charge on any atom is -0.395 e. The Bertz CT molecular complexity index is 440. The number of rotatable bonds is 4. The van der Waals surface area contributed by atoms with Gasteiger partial charge >= 0.3 is 0 Å². The third kappa shape index (κ3) is 2.14. The third-order valence-electron chi connectivity index (χ3n) is 2.32. The molecule has 80 valence electrons. The topological polar surface area (TPSA) is 62.5 Å². The lowest BCUT2D eigenvalue weighted by molar-refractivity contribution is 0.251. The maximum atomic E-state index is 8.88. The van der Waals surface area contributed by atoms with E-state index in [1.54, 1.807) is 16.9 Å². The van der Waals surface area contributed by atoms with Crippen molar-refractivity contribution < 1.29 is 5.11 Å². The molecule has 1 unspecified atom stereocenters. The fourth-order valence-corrected chi connectivity index (χ4v) is 1.37. The van der Waals surface area contributed by atoms with Crippen LogP contribution in [-0.4, -0.2) is 32.4 Å². The second-order valence-electron chi connectivity index (χ2n) is 3.54. The Kier molecular flexibility index (Phi) is 2.94. The van der Waals surface area contributed by atoms with Crippen molar-refractivity contribution >= 4 is 5.52 Å². The zero-order chi connectivity index (χ0) is 10.7. The number of aromatic nitrogens is 3. The van der Waals surface area contributed by atoms with E-state index < -0.39 is 0 Å². The molecular weight excluding hydrogens is 192 g/mol. The first-order valence-corrected chi connectivity index (χ1v) is 4.91. The lowest BCUT2D eigenvalue weighted by Crippen LogP contribution is -2.28. The molecular formula is C10H14N4O. The van der Waals surface area contributed by atoms with Gasteiger partial charge in [0.25, 0.3) is 0 Å². The van der Waals surface area contributed by atoms with Gasteiger partial charge in [0.2, 0.25) is 0 Å². The first kappa shape index (κ1) is 10.1. The maximum Gasteiger partial charge on any atom is 0.0889 e. The first-order chi connectivity index (χ1) is 7.31. The Labute approximate surface area is 87.8 Å². The minimum atomic E-state index is 0.0941. The number of aliphatic hydroxyl groups is 1. The van der Waals surface area contributed by atoms with Crippen molar-refractivity contribution in [3.05, 3.63) is 30.4 Å². The van der Waals surface area contributed by atoms with Crippen LogP contribution >= 0.6 is 0 Å². The molecule has 0 saturated heterocycles. The van der Waals surface area contributed by atoms with Crippen LogP contribution in [-0.2, 0) is 6.54 Å². The zero-order valence-electron chi connectivity index (χ0n) is 8.59. The Balaban J connectivity index is 2.14. The van der Waals surface area contributed by atoms with E-state index in [-0.39, 0.29) is 12.6 Å². The molecule has 0 aliphatic heterocycles. The van der Waals surface area contributed by atoms with Gasteiger partial charge in [0.1, 0.15) is 0 Å². The highest BCUT2D eigenvalue weighted by Crippen LogP contribution is 2.07. The molecule has 2 aromatic rings. The van der Waals surface area contributed by atoms with Crippen LogP contribution in [0.1, 0.15) is 12.5 Å². The van der Waals surface area contributed by atoms with Gasteiger partial charge < -0.3 is 10.4 Å². The zero-order valence-corrected chi connectivity index (χ0v) is 8.59. The molecule has 0 aliphatic rings. The van der Waals surface area contributed by atoms with Crippen LogP contribution in [0.3, 0.4) is 0 Å². The third-order valence-corrected chi connectivity index (χ3v) is 2.32. The summed E-state index contributed by atoms with van der Waals surface area (Å²) in [7, 11) is 0. The van der Waals surface area contributed by atoms with Gasteiger partial charge in [-0.2, -0.15) is 5.10 Å². The van der Waals surface area contributed by atoms with E-state index in [0.717, 1.165) is 11.1 Å². The van der Waals surface area contributed by atoms with Gasteiger partial charge in [-0.25, -0.2) is 4.52 Å². The second-order valence-corrected chi connectivity index (χ2v) is 3.54. The molecule has 2 N–H and O–H groups in total. The maximum absolute atomic E-state index is 8.88. The summed E-state index contributed by atoms with van der Waals surface area (Å²) in [6.07, 6.45) is 7.11. The van der Waals surface area contributed by atoms with E-state index in [1.165, 1.54) is 0 Å². The van der Waals surface area contributed by atoms with Crippen molar-refractivity contribution in [3.8, 4) is 0 Å². The fourth-order valence-electron chi connectivity index (χ4n) is 1.37. The molecule has 5 nitrogen and oxygen atoms in total. The number of nitrogens with one attached hydrogen (secondary N) is 1. The molecule has 0 saturated carbocycles. The summed E-state index contributed by atoms with van der Waals surface area (Å²) in [5.41, 5.74) is 2.08. The number of aliphatic hydroxyl groups excluding tert-OH is 1. The number of hydrogen-bond donors (Lipinski definition) is 2. The van der Waals surface area contributed by atoms with Crippen LogP contribution < -0.4 is 5.32 Å². The highest BCUT2D eigenvalue weighted by molar-refractivity contribution is 5.51. The predicted octanol–water partition coefficient (Wildman–Crippen LogP) is 0.200.